The lowest BCUT2D eigenvalue weighted by atomic mass is 10.2. The van der Waals surface area contributed by atoms with Crippen molar-refractivity contribution in [2.24, 2.45) is 0 Å². The first kappa shape index (κ1) is 19.4. The third-order valence-corrected chi connectivity index (χ3v) is 8.05. The summed E-state index contributed by atoms with van der Waals surface area (Å²) in [5, 5.41) is 8.76. The zero-order chi connectivity index (χ0) is 18.0. The minimum atomic E-state index is -3.89. The first-order chi connectivity index (χ1) is 11.1. The molecule has 0 saturated carbocycles. The maximum absolute atomic E-state index is 12.9. The minimum Gasteiger partial charge on any atom is -0.481 e. The van der Waals surface area contributed by atoms with Gasteiger partial charge in [-0.05, 0) is 37.1 Å². The van der Waals surface area contributed by atoms with Crippen molar-refractivity contribution in [3.05, 3.63) is 28.7 Å². The van der Waals surface area contributed by atoms with E-state index in [2.05, 4.69) is 15.9 Å². The number of hydrogen-bond donors (Lipinski definition) is 1. The molecule has 0 aliphatic carbocycles. The van der Waals surface area contributed by atoms with E-state index in [1.807, 2.05) is 0 Å². The first-order valence-corrected chi connectivity index (χ1v) is 11.4. The van der Waals surface area contributed by atoms with Gasteiger partial charge in [-0.15, -0.1) is 0 Å². The summed E-state index contributed by atoms with van der Waals surface area (Å²) >= 11 is 3.24. The molecule has 1 fully saturated rings. The van der Waals surface area contributed by atoms with E-state index in [1.165, 1.54) is 12.1 Å². The molecule has 1 heterocycles. The molecule has 24 heavy (non-hydrogen) atoms. The number of carbonyl (C=O) groups is 1. The number of carboxylic acid groups (broad SMARTS) is 1. The lowest BCUT2D eigenvalue weighted by Gasteiger charge is -2.27. The fourth-order valence-electron chi connectivity index (χ4n) is 2.63. The van der Waals surface area contributed by atoms with Gasteiger partial charge in [0.25, 0.3) is 0 Å². The van der Waals surface area contributed by atoms with Crippen molar-refractivity contribution >= 4 is 41.8 Å². The Morgan fingerprint density at radius 2 is 1.92 bits per heavy atom. The predicted octanol–water partition coefficient (Wildman–Crippen LogP) is 1.49. The Morgan fingerprint density at radius 1 is 1.29 bits per heavy atom. The van der Waals surface area contributed by atoms with Crippen molar-refractivity contribution in [1.29, 1.82) is 0 Å². The molecule has 0 spiro atoms. The van der Waals surface area contributed by atoms with Crippen LogP contribution in [-0.4, -0.2) is 56.3 Å². The van der Waals surface area contributed by atoms with E-state index in [0.717, 1.165) is 8.78 Å². The predicted molar refractivity (Wildman–Crippen MR) is 92.0 cm³/mol. The zero-order valence-electron chi connectivity index (χ0n) is 12.8. The average molecular weight is 440 g/mol. The van der Waals surface area contributed by atoms with Crippen LogP contribution in [0.4, 0.5) is 0 Å². The van der Waals surface area contributed by atoms with Gasteiger partial charge in [0.15, 0.2) is 9.84 Å². The van der Waals surface area contributed by atoms with Crippen molar-refractivity contribution in [3.8, 4) is 0 Å². The fraction of sp³-hybridized carbons (Fsp3) is 0.500. The van der Waals surface area contributed by atoms with Gasteiger partial charge in [-0.3, -0.25) is 4.79 Å². The summed E-state index contributed by atoms with van der Waals surface area (Å²) in [5.41, 5.74) is 0. The molecular formula is C14H18BrNO6S2. The molecule has 1 aliphatic rings. The zero-order valence-corrected chi connectivity index (χ0v) is 16.0. The Labute approximate surface area is 149 Å². The molecule has 0 radical (unpaired) electrons. The summed E-state index contributed by atoms with van der Waals surface area (Å²) in [4.78, 5) is 10.8. The van der Waals surface area contributed by atoms with Gasteiger partial charge in [0.05, 0.1) is 16.4 Å². The highest BCUT2D eigenvalue weighted by molar-refractivity contribution is 9.10. The summed E-state index contributed by atoms with van der Waals surface area (Å²) in [5.74, 6) is -1.30. The molecular weight excluding hydrogens is 422 g/mol. The topological polar surface area (TPSA) is 109 Å². The normalized spacial score (nSPS) is 20.3. The molecule has 7 nitrogen and oxygen atoms in total. The van der Waals surface area contributed by atoms with Crippen molar-refractivity contribution in [2.75, 3.05) is 18.1 Å². The highest BCUT2D eigenvalue weighted by Crippen LogP contribution is 2.26. The van der Waals surface area contributed by atoms with Crippen LogP contribution in [0.15, 0.2) is 33.6 Å². The van der Waals surface area contributed by atoms with Crippen LogP contribution in [0.5, 0.6) is 0 Å². The third kappa shape index (κ3) is 4.78. The second-order valence-corrected chi connectivity index (χ2v) is 10.7. The van der Waals surface area contributed by atoms with Gasteiger partial charge in [-0.1, -0.05) is 15.9 Å². The largest absolute Gasteiger partial charge is 0.481 e. The smallest absolute Gasteiger partial charge is 0.303 e. The lowest BCUT2D eigenvalue weighted by Crippen LogP contribution is -2.41. The Morgan fingerprint density at radius 3 is 2.42 bits per heavy atom. The molecule has 1 aromatic carbocycles. The number of carboxylic acids is 1. The Balaban J connectivity index is 2.29. The minimum absolute atomic E-state index is 0.0229. The number of sulfonamides is 1. The van der Waals surface area contributed by atoms with E-state index in [4.69, 9.17) is 5.11 Å². The van der Waals surface area contributed by atoms with Gasteiger partial charge in [0.1, 0.15) is 0 Å². The monoisotopic (exact) mass is 439 g/mol. The molecule has 1 N–H and O–H groups in total. The third-order valence-electron chi connectivity index (χ3n) is 3.81. The van der Waals surface area contributed by atoms with Gasteiger partial charge >= 0.3 is 5.97 Å². The maximum atomic E-state index is 12.9. The highest BCUT2D eigenvalue weighted by atomic mass is 79.9. The van der Waals surface area contributed by atoms with Crippen LogP contribution in [0.2, 0.25) is 0 Å². The molecule has 134 valence electrons. The molecule has 1 atom stereocenters. The van der Waals surface area contributed by atoms with E-state index < -0.39 is 31.9 Å². The summed E-state index contributed by atoms with van der Waals surface area (Å²) in [6.07, 6.45) is 0.179. The van der Waals surface area contributed by atoms with E-state index in [9.17, 15) is 21.6 Å². The van der Waals surface area contributed by atoms with E-state index >= 15 is 0 Å². The Bertz CT molecular complexity index is 804. The summed E-state index contributed by atoms with van der Waals surface area (Å²) < 4.78 is 51.1. The summed E-state index contributed by atoms with van der Waals surface area (Å²) in [6, 6.07) is 5.40. The Hall–Kier alpha value is -0.970. The number of rotatable bonds is 7. The highest BCUT2D eigenvalue weighted by Gasteiger charge is 2.38. The molecule has 0 amide bonds. The van der Waals surface area contributed by atoms with E-state index in [-0.39, 0.29) is 42.2 Å². The van der Waals surface area contributed by atoms with Gasteiger partial charge in [-0.25, -0.2) is 16.8 Å². The van der Waals surface area contributed by atoms with Crippen LogP contribution >= 0.6 is 15.9 Å². The van der Waals surface area contributed by atoms with Gasteiger partial charge < -0.3 is 5.11 Å². The second kappa shape index (κ2) is 7.51. The first-order valence-electron chi connectivity index (χ1n) is 7.31. The molecule has 1 saturated heterocycles. The van der Waals surface area contributed by atoms with Crippen molar-refractivity contribution in [1.82, 2.24) is 4.31 Å². The van der Waals surface area contributed by atoms with Gasteiger partial charge in [0, 0.05) is 23.5 Å². The average Bonchev–Trinajstić information content (AvgIpc) is 2.83. The molecule has 1 aromatic rings. The molecule has 10 heteroatoms. The number of hydrogen-bond acceptors (Lipinski definition) is 5. The molecule has 0 unspecified atom stereocenters. The molecule has 0 aromatic heterocycles. The second-order valence-electron chi connectivity index (χ2n) is 5.62. The van der Waals surface area contributed by atoms with Crippen LogP contribution in [0.3, 0.4) is 0 Å². The van der Waals surface area contributed by atoms with Gasteiger partial charge in [0.2, 0.25) is 10.0 Å². The molecule has 1 aliphatic heterocycles. The number of sulfone groups is 1. The number of benzene rings is 1. The van der Waals surface area contributed by atoms with Crippen LogP contribution in [0, 0.1) is 0 Å². The quantitative estimate of drug-likeness (QED) is 0.688. The van der Waals surface area contributed by atoms with Crippen LogP contribution in [-0.2, 0) is 24.7 Å². The van der Waals surface area contributed by atoms with Crippen molar-refractivity contribution < 1.29 is 26.7 Å². The number of halogens is 1. The van der Waals surface area contributed by atoms with Crippen molar-refractivity contribution in [2.45, 2.75) is 30.2 Å². The maximum Gasteiger partial charge on any atom is 0.303 e. The number of nitrogens with zero attached hydrogens (tertiary/aromatic N) is 1. The summed E-state index contributed by atoms with van der Waals surface area (Å²) in [7, 11) is -7.16. The van der Waals surface area contributed by atoms with Crippen LogP contribution < -0.4 is 0 Å². The summed E-state index contributed by atoms with van der Waals surface area (Å²) in [6.45, 7) is -0.0229. The lowest BCUT2D eigenvalue weighted by molar-refractivity contribution is -0.137. The van der Waals surface area contributed by atoms with Crippen LogP contribution in [0.1, 0.15) is 19.3 Å². The molecule has 0 bridgehead atoms. The standard InChI is InChI=1S/C14H18BrNO6S2/c15-11-3-5-13(6-4-11)24(21,22)16(8-1-2-14(17)18)12-7-9-23(19,20)10-12/h3-6,12H,1-2,7-10H2,(H,17,18)/t12-/m0/s1. The Kier molecular flexibility index (Phi) is 6.05. The van der Waals surface area contributed by atoms with Crippen LogP contribution in [0.25, 0.3) is 0 Å². The van der Waals surface area contributed by atoms with E-state index in [1.54, 1.807) is 12.1 Å². The van der Waals surface area contributed by atoms with Gasteiger partial charge in [-0.2, -0.15) is 4.31 Å². The fourth-order valence-corrected chi connectivity index (χ4v) is 6.41. The number of aliphatic carboxylic acids is 1. The van der Waals surface area contributed by atoms with Crippen molar-refractivity contribution in [3.63, 3.8) is 0 Å². The van der Waals surface area contributed by atoms with E-state index in [0.29, 0.717) is 0 Å². The molecule has 2 rings (SSSR count). The SMILES string of the molecule is O=C(O)CCCN([C@H]1CCS(=O)(=O)C1)S(=O)(=O)c1ccc(Br)cc1.